The van der Waals surface area contributed by atoms with Crippen molar-refractivity contribution in [3.05, 3.63) is 42.2 Å². The number of hydrogen-bond acceptors (Lipinski definition) is 5. The van der Waals surface area contributed by atoms with E-state index in [2.05, 4.69) is 20.0 Å². The van der Waals surface area contributed by atoms with Crippen LogP contribution in [-0.2, 0) is 10.0 Å². The fraction of sp³-hybridized carbons (Fsp3) is 0.286. The first-order chi connectivity index (χ1) is 9.94. The van der Waals surface area contributed by atoms with Gasteiger partial charge < -0.3 is 5.32 Å². The van der Waals surface area contributed by atoms with Crippen LogP contribution >= 0.6 is 0 Å². The molecule has 21 heavy (non-hydrogen) atoms. The molecule has 1 heterocycles. The van der Waals surface area contributed by atoms with Gasteiger partial charge in [-0.05, 0) is 17.5 Å². The molecule has 2 rings (SSSR count). The van der Waals surface area contributed by atoms with E-state index in [0.29, 0.717) is 11.6 Å². The van der Waals surface area contributed by atoms with Gasteiger partial charge in [-0.1, -0.05) is 32.0 Å². The molecule has 0 aliphatic heterocycles. The van der Waals surface area contributed by atoms with E-state index in [1.54, 1.807) is 19.2 Å². The molecule has 0 aliphatic carbocycles. The minimum absolute atomic E-state index is 0.0278. The van der Waals surface area contributed by atoms with Crippen LogP contribution in [0.5, 0.6) is 0 Å². The monoisotopic (exact) mass is 306 g/mol. The summed E-state index contributed by atoms with van der Waals surface area (Å²) < 4.78 is 27.3. The number of rotatable bonds is 5. The summed E-state index contributed by atoms with van der Waals surface area (Å²) in [6.45, 7) is 4.02. The molecule has 0 spiro atoms. The van der Waals surface area contributed by atoms with Crippen molar-refractivity contribution in [1.82, 2.24) is 9.97 Å². The Morgan fingerprint density at radius 1 is 1.10 bits per heavy atom. The molecule has 0 saturated carbocycles. The molecule has 0 saturated heterocycles. The van der Waals surface area contributed by atoms with Crippen molar-refractivity contribution >= 4 is 21.7 Å². The second-order valence-corrected chi connectivity index (χ2v) is 6.52. The molecule has 0 fully saturated rings. The zero-order valence-corrected chi connectivity index (χ0v) is 13.0. The molecule has 0 atom stereocenters. The number of nitrogens with one attached hydrogen (secondary N) is 2. The van der Waals surface area contributed by atoms with Crippen LogP contribution in [0, 0.1) is 0 Å². The van der Waals surface area contributed by atoms with Crippen LogP contribution in [0.25, 0.3) is 0 Å². The molecule has 0 radical (unpaired) electrons. The summed E-state index contributed by atoms with van der Waals surface area (Å²) in [5.74, 6) is 0.586. The summed E-state index contributed by atoms with van der Waals surface area (Å²) in [5.41, 5.74) is 1.51. The van der Waals surface area contributed by atoms with Crippen molar-refractivity contribution < 1.29 is 8.42 Å². The van der Waals surface area contributed by atoms with Crippen LogP contribution in [0.15, 0.2) is 41.6 Å². The fourth-order valence-electron chi connectivity index (χ4n) is 1.88. The number of para-hydroxylation sites is 1. The van der Waals surface area contributed by atoms with Crippen LogP contribution in [0.3, 0.4) is 0 Å². The first kappa shape index (κ1) is 15.2. The van der Waals surface area contributed by atoms with E-state index in [9.17, 15) is 8.42 Å². The number of sulfonamides is 1. The first-order valence-corrected chi connectivity index (χ1v) is 8.04. The topological polar surface area (TPSA) is 84.0 Å². The van der Waals surface area contributed by atoms with Crippen molar-refractivity contribution in [3.8, 4) is 0 Å². The highest BCUT2D eigenvalue weighted by Gasteiger charge is 2.17. The van der Waals surface area contributed by atoms with E-state index in [4.69, 9.17) is 0 Å². The lowest BCUT2D eigenvalue weighted by Gasteiger charge is -2.14. The zero-order chi connectivity index (χ0) is 15.5. The Morgan fingerprint density at radius 2 is 1.71 bits per heavy atom. The van der Waals surface area contributed by atoms with Gasteiger partial charge in [0.1, 0.15) is 4.90 Å². The second kappa shape index (κ2) is 6.09. The summed E-state index contributed by atoms with van der Waals surface area (Å²) >= 11 is 0. The average molecular weight is 306 g/mol. The van der Waals surface area contributed by atoms with E-state index in [0.717, 1.165) is 5.56 Å². The lowest BCUT2D eigenvalue weighted by molar-refractivity contribution is 0.600. The largest absolute Gasteiger partial charge is 0.357 e. The molecule has 6 nitrogen and oxygen atoms in total. The Bertz CT molecular complexity index is 712. The average Bonchev–Trinajstić information content (AvgIpc) is 2.47. The Labute approximate surface area is 124 Å². The number of nitrogens with zero attached hydrogens (tertiary/aromatic N) is 2. The maximum atomic E-state index is 12.4. The van der Waals surface area contributed by atoms with Crippen LogP contribution in [0.1, 0.15) is 25.3 Å². The van der Waals surface area contributed by atoms with Gasteiger partial charge >= 0.3 is 0 Å². The molecule has 0 amide bonds. The predicted octanol–water partition coefficient (Wildman–Crippen LogP) is 2.44. The highest BCUT2D eigenvalue weighted by atomic mass is 32.2. The molecule has 2 aromatic rings. The van der Waals surface area contributed by atoms with Crippen molar-refractivity contribution in [3.63, 3.8) is 0 Å². The Balaban J connectivity index is 2.33. The van der Waals surface area contributed by atoms with Gasteiger partial charge in [-0.15, -0.1) is 0 Å². The quantitative estimate of drug-likeness (QED) is 0.886. The van der Waals surface area contributed by atoms with Crippen molar-refractivity contribution in [1.29, 1.82) is 0 Å². The fourth-order valence-corrected chi connectivity index (χ4v) is 2.86. The maximum absolute atomic E-state index is 12.4. The molecule has 1 aromatic heterocycles. The number of aromatic nitrogens is 2. The van der Waals surface area contributed by atoms with Crippen molar-refractivity contribution in [2.45, 2.75) is 24.7 Å². The van der Waals surface area contributed by atoms with Crippen LogP contribution in [-0.4, -0.2) is 25.4 Å². The molecule has 2 N–H and O–H groups in total. The summed E-state index contributed by atoms with van der Waals surface area (Å²) in [6.07, 6.45) is 2.55. The SMILES string of the molecule is CNc1ncc(S(=O)(=O)Nc2ccccc2C(C)C)cn1. The third kappa shape index (κ3) is 3.49. The Hall–Kier alpha value is -2.15. The highest BCUT2D eigenvalue weighted by molar-refractivity contribution is 7.92. The third-order valence-corrected chi connectivity index (χ3v) is 4.31. The predicted molar refractivity (Wildman–Crippen MR) is 82.9 cm³/mol. The summed E-state index contributed by atoms with van der Waals surface area (Å²) in [6, 6.07) is 7.33. The van der Waals surface area contributed by atoms with E-state index in [1.807, 2.05) is 26.0 Å². The van der Waals surface area contributed by atoms with E-state index in [-0.39, 0.29) is 10.8 Å². The number of hydrogen-bond donors (Lipinski definition) is 2. The summed E-state index contributed by atoms with van der Waals surface area (Å²) in [5, 5.41) is 2.74. The Kier molecular flexibility index (Phi) is 4.42. The molecular formula is C14H18N4O2S. The minimum atomic E-state index is -3.70. The van der Waals surface area contributed by atoms with E-state index >= 15 is 0 Å². The minimum Gasteiger partial charge on any atom is -0.357 e. The molecular weight excluding hydrogens is 288 g/mol. The molecule has 0 unspecified atom stereocenters. The summed E-state index contributed by atoms with van der Waals surface area (Å²) in [7, 11) is -2.03. The van der Waals surface area contributed by atoms with Crippen molar-refractivity contribution in [2.75, 3.05) is 17.1 Å². The van der Waals surface area contributed by atoms with E-state index in [1.165, 1.54) is 12.4 Å². The van der Waals surface area contributed by atoms with Gasteiger partial charge in [0.25, 0.3) is 10.0 Å². The van der Waals surface area contributed by atoms with Crippen molar-refractivity contribution in [2.24, 2.45) is 0 Å². The maximum Gasteiger partial charge on any atom is 0.264 e. The summed E-state index contributed by atoms with van der Waals surface area (Å²) in [4.78, 5) is 7.87. The normalized spacial score (nSPS) is 11.4. The van der Waals surface area contributed by atoms with Gasteiger partial charge in [0.2, 0.25) is 5.95 Å². The standard InChI is InChI=1S/C14H18N4O2S/c1-10(2)12-6-4-5-7-13(12)18-21(19,20)11-8-16-14(15-3)17-9-11/h4-10,18H,1-3H3,(H,15,16,17). The van der Waals surface area contributed by atoms with Gasteiger partial charge in [0, 0.05) is 7.05 Å². The van der Waals surface area contributed by atoms with Gasteiger partial charge in [0.05, 0.1) is 18.1 Å². The molecule has 7 heteroatoms. The molecule has 1 aromatic carbocycles. The zero-order valence-electron chi connectivity index (χ0n) is 12.2. The smallest absolute Gasteiger partial charge is 0.264 e. The molecule has 0 aliphatic rings. The molecule has 112 valence electrons. The molecule has 0 bridgehead atoms. The first-order valence-electron chi connectivity index (χ1n) is 6.55. The van der Waals surface area contributed by atoms with Gasteiger partial charge in [-0.25, -0.2) is 18.4 Å². The van der Waals surface area contributed by atoms with Gasteiger partial charge in [0.15, 0.2) is 0 Å². The van der Waals surface area contributed by atoms with Crippen LogP contribution in [0.2, 0.25) is 0 Å². The van der Waals surface area contributed by atoms with E-state index < -0.39 is 10.0 Å². The highest BCUT2D eigenvalue weighted by Crippen LogP contribution is 2.25. The van der Waals surface area contributed by atoms with Crippen LogP contribution in [0.4, 0.5) is 11.6 Å². The number of anilines is 2. The third-order valence-electron chi connectivity index (χ3n) is 2.99. The Morgan fingerprint density at radius 3 is 2.29 bits per heavy atom. The van der Waals surface area contributed by atoms with Crippen LogP contribution < -0.4 is 10.0 Å². The number of benzene rings is 1. The second-order valence-electron chi connectivity index (χ2n) is 4.84. The lowest BCUT2D eigenvalue weighted by Crippen LogP contribution is -2.15. The van der Waals surface area contributed by atoms with Gasteiger partial charge in [-0.3, -0.25) is 4.72 Å². The van der Waals surface area contributed by atoms with Gasteiger partial charge in [-0.2, -0.15) is 0 Å². The lowest BCUT2D eigenvalue weighted by atomic mass is 10.0.